The maximum atomic E-state index is 12.1. The van der Waals surface area contributed by atoms with Gasteiger partial charge in [0.25, 0.3) is 0 Å². The van der Waals surface area contributed by atoms with Crippen molar-refractivity contribution in [3.05, 3.63) is 23.3 Å². The minimum Gasteiger partial charge on any atom is -0.496 e. The van der Waals surface area contributed by atoms with Crippen LogP contribution >= 0.6 is 0 Å². The molecule has 0 saturated carbocycles. The fraction of sp³-hybridized carbons (Fsp3) is 0.652. The standard InChI is InChI=1S/C23H37NO5/c1-8-19(24-22(26)29-23(3,4)5)13-18-15-20(27-6)17(14-21(18)28-7)12-10-9-11-16(2)25/h14-15,19H,8-13H2,1-7H3,(H,24,26). The van der Waals surface area contributed by atoms with Gasteiger partial charge in [0, 0.05) is 12.5 Å². The average molecular weight is 408 g/mol. The van der Waals surface area contributed by atoms with Gasteiger partial charge in [-0.1, -0.05) is 6.92 Å². The van der Waals surface area contributed by atoms with Crippen molar-refractivity contribution in [1.29, 1.82) is 0 Å². The average Bonchev–Trinajstić information content (AvgIpc) is 2.63. The number of ketones is 1. The van der Waals surface area contributed by atoms with Crippen molar-refractivity contribution >= 4 is 11.9 Å². The van der Waals surface area contributed by atoms with Gasteiger partial charge in [-0.25, -0.2) is 4.79 Å². The summed E-state index contributed by atoms with van der Waals surface area (Å²) >= 11 is 0. The molecule has 0 heterocycles. The Morgan fingerprint density at radius 2 is 1.62 bits per heavy atom. The number of Topliss-reactive ketones (excluding diaryl/α,β-unsaturated/α-hetero) is 1. The Morgan fingerprint density at radius 3 is 2.14 bits per heavy atom. The second kappa shape index (κ2) is 11.7. The van der Waals surface area contributed by atoms with Crippen molar-refractivity contribution in [1.82, 2.24) is 5.32 Å². The van der Waals surface area contributed by atoms with Crippen LogP contribution in [0, 0.1) is 0 Å². The number of hydrogen-bond donors (Lipinski definition) is 1. The van der Waals surface area contributed by atoms with Gasteiger partial charge in [-0.3, -0.25) is 0 Å². The molecule has 0 aromatic heterocycles. The third-order valence-corrected chi connectivity index (χ3v) is 4.59. The minimum atomic E-state index is -0.534. The Morgan fingerprint density at radius 1 is 1.03 bits per heavy atom. The van der Waals surface area contributed by atoms with Gasteiger partial charge in [-0.15, -0.1) is 0 Å². The summed E-state index contributed by atoms with van der Waals surface area (Å²) in [5.74, 6) is 1.79. The van der Waals surface area contributed by atoms with E-state index in [1.807, 2.05) is 39.8 Å². The highest BCUT2D eigenvalue weighted by Crippen LogP contribution is 2.31. The van der Waals surface area contributed by atoms with E-state index in [1.54, 1.807) is 21.1 Å². The Labute approximate surface area is 175 Å². The number of ether oxygens (including phenoxy) is 3. The molecule has 0 bridgehead atoms. The summed E-state index contributed by atoms with van der Waals surface area (Å²) in [5, 5.41) is 2.94. The Balaban J connectivity index is 2.90. The summed E-state index contributed by atoms with van der Waals surface area (Å²) in [6.45, 7) is 9.17. The Kier molecular flexibility index (Phi) is 9.99. The lowest BCUT2D eigenvalue weighted by Gasteiger charge is -2.24. The van der Waals surface area contributed by atoms with Crippen LogP contribution in [0.15, 0.2) is 12.1 Å². The van der Waals surface area contributed by atoms with Crippen LogP contribution in [-0.2, 0) is 22.4 Å². The van der Waals surface area contributed by atoms with Gasteiger partial charge in [0.15, 0.2) is 0 Å². The molecule has 1 aromatic rings. The van der Waals surface area contributed by atoms with Crippen molar-refractivity contribution in [3.8, 4) is 11.5 Å². The van der Waals surface area contributed by atoms with Crippen LogP contribution in [0.3, 0.4) is 0 Å². The smallest absolute Gasteiger partial charge is 0.407 e. The zero-order valence-corrected chi connectivity index (χ0v) is 19.0. The van der Waals surface area contributed by atoms with Gasteiger partial charge in [0.2, 0.25) is 0 Å². The summed E-state index contributed by atoms with van der Waals surface area (Å²) in [4.78, 5) is 23.3. The van der Waals surface area contributed by atoms with Crippen LogP contribution in [0.25, 0.3) is 0 Å². The number of amides is 1. The molecule has 6 heteroatoms. The largest absolute Gasteiger partial charge is 0.496 e. The van der Waals surface area contributed by atoms with E-state index < -0.39 is 11.7 Å². The number of rotatable bonds is 11. The molecule has 0 spiro atoms. The molecule has 0 aliphatic heterocycles. The molecular weight excluding hydrogens is 370 g/mol. The predicted octanol–water partition coefficient (Wildman–Crippen LogP) is 4.85. The molecule has 6 nitrogen and oxygen atoms in total. The first kappa shape index (κ1) is 24.8. The zero-order valence-electron chi connectivity index (χ0n) is 19.0. The summed E-state index contributed by atoms with van der Waals surface area (Å²) in [6, 6.07) is 3.91. The highest BCUT2D eigenvalue weighted by molar-refractivity contribution is 5.75. The number of hydrogen-bond acceptors (Lipinski definition) is 5. The third kappa shape index (κ3) is 9.20. The number of carbonyl (C=O) groups excluding carboxylic acids is 2. The van der Waals surface area contributed by atoms with Crippen molar-refractivity contribution in [2.45, 2.75) is 84.8 Å². The highest BCUT2D eigenvalue weighted by atomic mass is 16.6. The number of benzene rings is 1. The quantitative estimate of drug-likeness (QED) is 0.531. The number of unbranched alkanes of at least 4 members (excludes halogenated alkanes) is 1. The maximum absolute atomic E-state index is 12.1. The first-order valence-electron chi connectivity index (χ1n) is 10.3. The molecule has 0 aliphatic rings. The molecule has 0 aliphatic carbocycles. The van der Waals surface area contributed by atoms with Gasteiger partial charge in [-0.05, 0) is 83.1 Å². The number of alkyl carbamates (subject to hydrolysis) is 1. The van der Waals surface area contributed by atoms with E-state index in [4.69, 9.17) is 14.2 Å². The molecular formula is C23H37NO5. The fourth-order valence-electron chi connectivity index (χ4n) is 3.11. The van der Waals surface area contributed by atoms with Crippen LogP contribution in [-0.4, -0.2) is 37.7 Å². The lowest BCUT2D eigenvalue weighted by Crippen LogP contribution is -2.40. The molecule has 29 heavy (non-hydrogen) atoms. The fourth-order valence-corrected chi connectivity index (χ4v) is 3.11. The summed E-state index contributed by atoms with van der Waals surface area (Å²) in [6.07, 6.45) is 4.15. The first-order valence-corrected chi connectivity index (χ1v) is 10.3. The van der Waals surface area contributed by atoms with Gasteiger partial charge in [0.05, 0.1) is 14.2 Å². The molecule has 0 radical (unpaired) electrons. The van der Waals surface area contributed by atoms with Crippen molar-refractivity contribution in [2.24, 2.45) is 0 Å². The second-order valence-electron chi connectivity index (χ2n) is 8.34. The number of aryl methyl sites for hydroxylation is 1. The van der Waals surface area contributed by atoms with Crippen LogP contribution in [0.2, 0.25) is 0 Å². The number of methoxy groups -OCH3 is 2. The topological polar surface area (TPSA) is 73.9 Å². The van der Waals surface area contributed by atoms with Crippen LogP contribution in [0.4, 0.5) is 4.79 Å². The second-order valence-corrected chi connectivity index (χ2v) is 8.34. The van der Waals surface area contributed by atoms with Gasteiger partial charge < -0.3 is 24.3 Å². The summed E-state index contributed by atoms with van der Waals surface area (Å²) in [7, 11) is 3.30. The van der Waals surface area contributed by atoms with E-state index >= 15 is 0 Å². The molecule has 0 saturated heterocycles. The zero-order chi connectivity index (χ0) is 22.0. The van der Waals surface area contributed by atoms with Crippen molar-refractivity contribution in [3.63, 3.8) is 0 Å². The molecule has 164 valence electrons. The van der Waals surface area contributed by atoms with E-state index in [9.17, 15) is 9.59 Å². The molecule has 1 atom stereocenters. The van der Waals surface area contributed by atoms with E-state index in [2.05, 4.69) is 5.32 Å². The number of nitrogens with one attached hydrogen (secondary N) is 1. The summed E-state index contributed by atoms with van der Waals surface area (Å²) < 4.78 is 16.6. The number of carbonyl (C=O) groups is 2. The molecule has 1 unspecified atom stereocenters. The molecule has 1 rings (SSSR count). The van der Waals surface area contributed by atoms with E-state index in [0.717, 1.165) is 48.3 Å². The minimum absolute atomic E-state index is 0.0788. The van der Waals surface area contributed by atoms with Gasteiger partial charge in [0.1, 0.15) is 22.9 Å². The van der Waals surface area contributed by atoms with Crippen LogP contribution < -0.4 is 14.8 Å². The van der Waals surface area contributed by atoms with E-state index in [1.165, 1.54) is 0 Å². The molecule has 1 N–H and O–H groups in total. The monoisotopic (exact) mass is 407 g/mol. The van der Waals surface area contributed by atoms with Crippen molar-refractivity contribution in [2.75, 3.05) is 14.2 Å². The van der Waals surface area contributed by atoms with Gasteiger partial charge in [-0.2, -0.15) is 0 Å². The molecule has 1 amide bonds. The van der Waals surface area contributed by atoms with Crippen LogP contribution in [0.5, 0.6) is 11.5 Å². The van der Waals surface area contributed by atoms with Crippen molar-refractivity contribution < 1.29 is 23.8 Å². The predicted molar refractivity (Wildman–Crippen MR) is 115 cm³/mol. The van der Waals surface area contributed by atoms with E-state index in [0.29, 0.717) is 12.8 Å². The molecule has 0 fully saturated rings. The van der Waals surface area contributed by atoms with Crippen LogP contribution in [0.1, 0.15) is 71.4 Å². The lowest BCUT2D eigenvalue weighted by molar-refractivity contribution is -0.117. The SMILES string of the molecule is CCC(Cc1cc(OC)c(CCCCC(C)=O)cc1OC)NC(=O)OC(C)(C)C. The Hall–Kier alpha value is -2.24. The maximum Gasteiger partial charge on any atom is 0.407 e. The summed E-state index contributed by atoms with van der Waals surface area (Å²) in [5.41, 5.74) is 1.50. The highest BCUT2D eigenvalue weighted by Gasteiger charge is 2.21. The van der Waals surface area contributed by atoms with E-state index in [-0.39, 0.29) is 11.8 Å². The third-order valence-electron chi connectivity index (χ3n) is 4.59. The first-order chi connectivity index (χ1) is 13.6. The normalized spacial score (nSPS) is 12.2. The lowest BCUT2D eigenvalue weighted by atomic mass is 9.98. The molecule has 1 aromatic carbocycles. The van der Waals surface area contributed by atoms with Gasteiger partial charge >= 0.3 is 6.09 Å². The Bertz CT molecular complexity index is 679.